The number of benzene rings is 2. The molecule has 2 aromatic carbocycles. The van der Waals surface area contributed by atoms with Gasteiger partial charge in [-0.25, -0.2) is 4.98 Å². The van der Waals surface area contributed by atoms with Gasteiger partial charge in [0.05, 0.1) is 31.3 Å². The minimum Gasteiger partial charge on any atom is -0.497 e. The molecular weight excluding hydrogens is 432 g/mol. The lowest BCUT2D eigenvalue weighted by Crippen LogP contribution is -2.00. The Morgan fingerprint density at radius 2 is 1.79 bits per heavy atom. The van der Waals surface area contributed by atoms with Crippen LogP contribution in [0.2, 0.25) is 0 Å². The van der Waals surface area contributed by atoms with Gasteiger partial charge in [0, 0.05) is 15.7 Å². The zero-order valence-electron chi connectivity index (χ0n) is 16.7. The Morgan fingerprint density at radius 3 is 2.52 bits per heavy atom. The minimum atomic E-state index is 0.732. The summed E-state index contributed by atoms with van der Waals surface area (Å²) in [6.07, 6.45) is 0. The Labute approximate surface area is 177 Å². The Bertz CT molecular complexity index is 1180. The van der Waals surface area contributed by atoms with Crippen molar-refractivity contribution in [2.75, 3.05) is 14.2 Å². The van der Waals surface area contributed by atoms with E-state index in [0.717, 1.165) is 55.8 Å². The highest BCUT2D eigenvalue weighted by molar-refractivity contribution is 9.10. The van der Waals surface area contributed by atoms with Gasteiger partial charge in [-0.3, -0.25) is 9.67 Å². The summed E-state index contributed by atoms with van der Waals surface area (Å²) in [5.41, 5.74) is 5.41. The molecule has 4 aromatic rings. The van der Waals surface area contributed by atoms with Crippen molar-refractivity contribution in [3.8, 4) is 39.8 Å². The molecule has 0 aliphatic heterocycles. The fraction of sp³-hybridized carbons (Fsp3) is 0.182. The molecule has 0 aliphatic rings. The molecule has 0 amide bonds. The molecule has 0 saturated heterocycles. The van der Waals surface area contributed by atoms with Gasteiger partial charge < -0.3 is 9.47 Å². The smallest absolute Gasteiger partial charge is 0.128 e. The Balaban J connectivity index is 1.79. The third-order valence-corrected chi connectivity index (χ3v) is 5.55. The molecule has 0 aliphatic carbocycles. The molecule has 0 radical (unpaired) electrons. The van der Waals surface area contributed by atoms with Crippen molar-refractivity contribution in [2.45, 2.75) is 13.8 Å². The van der Waals surface area contributed by atoms with Gasteiger partial charge in [0.2, 0.25) is 0 Å². The zero-order valence-corrected chi connectivity index (χ0v) is 18.2. The van der Waals surface area contributed by atoms with Gasteiger partial charge >= 0.3 is 0 Å². The molecule has 0 saturated carbocycles. The normalized spacial score (nSPS) is 10.9. The van der Waals surface area contributed by atoms with E-state index in [2.05, 4.69) is 43.7 Å². The molecule has 148 valence electrons. The van der Waals surface area contributed by atoms with Crippen LogP contribution in [0.4, 0.5) is 0 Å². The van der Waals surface area contributed by atoms with E-state index in [0.29, 0.717) is 0 Å². The Kier molecular flexibility index (Phi) is 5.15. The third kappa shape index (κ3) is 3.42. The minimum absolute atomic E-state index is 0.732. The van der Waals surface area contributed by atoms with Crippen LogP contribution in [-0.2, 0) is 0 Å². The van der Waals surface area contributed by atoms with E-state index < -0.39 is 0 Å². The van der Waals surface area contributed by atoms with Crippen molar-refractivity contribution in [1.29, 1.82) is 0 Å². The predicted octanol–water partition coefficient (Wildman–Crippen LogP) is 5.33. The molecule has 2 aromatic heterocycles. The molecule has 1 N–H and O–H groups in total. The van der Waals surface area contributed by atoms with Gasteiger partial charge in [-0.2, -0.15) is 5.10 Å². The number of H-pyrrole nitrogens is 1. The first kappa shape index (κ1) is 19.3. The number of nitrogens with zero attached hydrogens (tertiary/aromatic N) is 3. The van der Waals surface area contributed by atoms with E-state index in [9.17, 15) is 0 Å². The molecule has 0 bridgehead atoms. The van der Waals surface area contributed by atoms with E-state index >= 15 is 0 Å². The van der Waals surface area contributed by atoms with E-state index in [1.54, 1.807) is 14.2 Å². The standard InChI is InChI=1S/C22H21BrN4O2/c1-13-22(24-14(2)27(13)20-8-6-5-7-17(20)23)19-12-18(25-26-19)16-11-15(28-3)9-10-21(16)29-4/h5-12H,1-4H3,(H,25,26). The summed E-state index contributed by atoms with van der Waals surface area (Å²) in [6.45, 7) is 4.06. The third-order valence-electron chi connectivity index (χ3n) is 4.88. The summed E-state index contributed by atoms with van der Waals surface area (Å²) in [5, 5.41) is 7.62. The molecule has 0 atom stereocenters. The highest BCUT2D eigenvalue weighted by Crippen LogP contribution is 2.35. The number of ether oxygens (including phenoxy) is 2. The fourth-order valence-electron chi connectivity index (χ4n) is 3.48. The van der Waals surface area contributed by atoms with Crippen LogP contribution >= 0.6 is 15.9 Å². The number of aromatic nitrogens is 4. The molecule has 29 heavy (non-hydrogen) atoms. The molecule has 0 unspecified atom stereocenters. The van der Waals surface area contributed by atoms with E-state index in [1.165, 1.54) is 0 Å². The second-order valence-electron chi connectivity index (χ2n) is 6.61. The van der Waals surface area contributed by atoms with Gasteiger partial charge in [0.25, 0.3) is 0 Å². The summed E-state index contributed by atoms with van der Waals surface area (Å²) in [4.78, 5) is 4.80. The number of imidazole rings is 1. The van der Waals surface area contributed by atoms with Crippen LogP contribution in [0.5, 0.6) is 11.5 Å². The lowest BCUT2D eigenvalue weighted by molar-refractivity contribution is 0.404. The van der Waals surface area contributed by atoms with E-state index in [-0.39, 0.29) is 0 Å². The number of para-hydroxylation sites is 1. The second kappa shape index (κ2) is 7.75. The van der Waals surface area contributed by atoms with Gasteiger partial charge in [-0.05, 0) is 66.2 Å². The van der Waals surface area contributed by atoms with Crippen molar-refractivity contribution in [1.82, 2.24) is 19.7 Å². The lowest BCUT2D eigenvalue weighted by Gasteiger charge is -2.10. The number of aromatic amines is 1. The maximum Gasteiger partial charge on any atom is 0.128 e. The predicted molar refractivity (Wildman–Crippen MR) is 117 cm³/mol. The van der Waals surface area contributed by atoms with Crippen LogP contribution in [0.25, 0.3) is 28.3 Å². The number of methoxy groups -OCH3 is 2. The first-order valence-corrected chi connectivity index (χ1v) is 9.91. The van der Waals surface area contributed by atoms with Crippen molar-refractivity contribution >= 4 is 15.9 Å². The summed E-state index contributed by atoms with van der Waals surface area (Å²) < 4.78 is 14.0. The van der Waals surface area contributed by atoms with Crippen LogP contribution in [0.3, 0.4) is 0 Å². The topological polar surface area (TPSA) is 65.0 Å². The second-order valence-corrected chi connectivity index (χ2v) is 7.47. The van der Waals surface area contributed by atoms with Gasteiger partial charge in [-0.1, -0.05) is 12.1 Å². The lowest BCUT2D eigenvalue weighted by atomic mass is 10.1. The molecule has 6 nitrogen and oxygen atoms in total. The molecule has 4 rings (SSSR count). The maximum absolute atomic E-state index is 5.50. The SMILES string of the molecule is COc1ccc(OC)c(-c2cc(-c3nc(C)n(-c4ccccc4Br)c3C)[nH]n2)c1. The van der Waals surface area contributed by atoms with Crippen molar-refractivity contribution < 1.29 is 9.47 Å². The fourth-order valence-corrected chi connectivity index (χ4v) is 3.94. The number of rotatable bonds is 5. The average molecular weight is 453 g/mol. The quantitative estimate of drug-likeness (QED) is 0.444. The summed E-state index contributed by atoms with van der Waals surface area (Å²) in [5.74, 6) is 2.38. The molecular formula is C22H21BrN4O2. The molecule has 7 heteroatoms. The molecule has 0 spiro atoms. The van der Waals surface area contributed by atoms with Crippen LogP contribution in [-0.4, -0.2) is 34.0 Å². The van der Waals surface area contributed by atoms with Gasteiger partial charge in [0.15, 0.2) is 0 Å². The van der Waals surface area contributed by atoms with Crippen LogP contribution < -0.4 is 9.47 Å². The zero-order chi connectivity index (χ0) is 20.5. The number of hydrogen-bond donors (Lipinski definition) is 1. The van der Waals surface area contributed by atoms with E-state index in [1.807, 2.05) is 49.4 Å². The Morgan fingerprint density at radius 1 is 1.00 bits per heavy atom. The highest BCUT2D eigenvalue weighted by Gasteiger charge is 2.19. The number of hydrogen-bond acceptors (Lipinski definition) is 4. The molecule has 2 heterocycles. The number of halogens is 1. The highest BCUT2D eigenvalue weighted by atomic mass is 79.9. The first-order valence-electron chi connectivity index (χ1n) is 9.12. The monoisotopic (exact) mass is 452 g/mol. The van der Waals surface area contributed by atoms with Crippen LogP contribution in [0, 0.1) is 13.8 Å². The maximum atomic E-state index is 5.50. The summed E-state index contributed by atoms with van der Waals surface area (Å²) in [6, 6.07) is 15.7. The van der Waals surface area contributed by atoms with Crippen molar-refractivity contribution in [2.24, 2.45) is 0 Å². The molecule has 0 fully saturated rings. The number of aryl methyl sites for hydroxylation is 1. The van der Waals surface area contributed by atoms with Gasteiger partial charge in [0.1, 0.15) is 23.0 Å². The number of nitrogens with one attached hydrogen (secondary N) is 1. The largest absolute Gasteiger partial charge is 0.497 e. The summed E-state index contributed by atoms with van der Waals surface area (Å²) >= 11 is 3.64. The average Bonchev–Trinajstić information content (AvgIpc) is 3.33. The van der Waals surface area contributed by atoms with Crippen LogP contribution in [0.1, 0.15) is 11.5 Å². The first-order chi connectivity index (χ1) is 14.0. The van der Waals surface area contributed by atoms with E-state index in [4.69, 9.17) is 14.5 Å². The van der Waals surface area contributed by atoms with Crippen molar-refractivity contribution in [3.05, 3.63) is 64.5 Å². The van der Waals surface area contributed by atoms with Crippen molar-refractivity contribution in [3.63, 3.8) is 0 Å². The Hall–Kier alpha value is -3.06. The van der Waals surface area contributed by atoms with Gasteiger partial charge in [-0.15, -0.1) is 0 Å². The summed E-state index contributed by atoms with van der Waals surface area (Å²) in [7, 11) is 3.29. The van der Waals surface area contributed by atoms with Crippen LogP contribution in [0.15, 0.2) is 53.0 Å².